The Kier molecular flexibility index (Phi) is 5.36. The second kappa shape index (κ2) is 7.69. The lowest BCUT2D eigenvalue weighted by molar-refractivity contribution is -0.138. The molecule has 2 aromatic rings. The predicted octanol–water partition coefficient (Wildman–Crippen LogP) is 2.85. The molecule has 1 aliphatic rings. The molecule has 0 aliphatic carbocycles. The number of rotatable bonds is 6. The van der Waals surface area contributed by atoms with Crippen LogP contribution >= 0.6 is 15.9 Å². The first kappa shape index (κ1) is 18.1. The van der Waals surface area contributed by atoms with Crippen molar-refractivity contribution in [3.05, 3.63) is 52.2 Å². The number of aromatic nitrogens is 4. The lowest BCUT2D eigenvalue weighted by Gasteiger charge is -2.28. The first-order valence-electron chi connectivity index (χ1n) is 8.02. The number of nitrogens with one attached hydrogen (secondary N) is 1. The van der Waals surface area contributed by atoms with Crippen LogP contribution in [0.1, 0.15) is 25.5 Å². The van der Waals surface area contributed by atoms with Crippen LogP contribution in [0.2, 0.25) is 0 Å². The molecule has 1 aromatic heterocycles. The summed E-state index contributed by atoms with van der Waals surface area (Å²) in [6.07, 6.45) is 1.52. The molecule has 0 saturated carbocycles. The maximum Gasteiger partial charge on any atom is 0.338 e. The molecule has 0 spiro atoms. The Morgan fingerprint density at radius 1 is 1.50 bits per heavy atom. The van der Waals surface area contributed by atoms with Crippen LogP contribution in [0.3, 0.4) is 0 Å². The van der Waals surface area contributed by atoms with Crippen LogP contribution in [0.5, 0.6) is 5.75 Å². The van der Waals surface area contributed by atoms with Gasteiger partial charge in [0.15, 0.2) is 0 Å². The minimum atomic E-state index is -0.586. The van der Waals surface area contributed by atoms with E-state index in [4.69, 9.17) is 9.47 Å². The molecule has 9 heteroatoms. The molecule has 1 unspecified atom stereocenters. The fourth-order valence-corrected chi connectivity index (χ4v) is 3.18. The van der Waals surface area contributed by atoms with E-state index in [9.17, 15) is 4.79 Å². The Balaban J connectivity index is 2.17. The van der Waals surface area contributed by atoms with Crippen molar-refractivity contribution >= 4 is 27.8 Å². The van der Waals surface area contributed by atoms with E-state index in [-0.39, 0.29) is 6.61 Å². The van der Waals surface area contributed by atoms with Gasteiger partial charge in [-0.3, -0.25) is 0 Å². The summed E-state index contributed by atoms with van der Waals surface area (Å²) < 4.78 is 13.4. The summed E-state index contributed by atoms with van der Waals surface area (Å²) in [7, 11) is 0. The molecule has 136 valence electrons. The van der Waals surface area contributed by atoms with Crippen molar-refractivity contribution in [2.75, 3.05) is 18.5 Å². The van der Waals surface area contributed by atoms with Gasteiger partial charge in [0.2, 0.25) is 5.95 Å². The van der Waals surface area contributed by atoms with Gasteiger partial charge in [-0.2, -0.15) is 4.68 Å². The second-order valence-corrected chi connectivity index (χ2v) is 6.43. The van der Waals surface area contributed by atoms with Crippen LogP contribution in [-0.4, -0.2) is 39.4 Å². The highest BCUT2D eigenvalue weighted by Crippen LogP contribution is 2.40. The van der Waals surface area contributed by atoms with Crippen LogP contribution < -0.4 is 10.1 Å². The topological polar surface area (TPSA) is 91.2 Å². The first-order chi connectivity index (χ1) is 12.6. The monoisotopic (exact) mass is 419 g/mol. The number of carbonyl (C=O) groups excluding carboxylic acids is 1. The molecular formula is C17H18BrN5O3. The van der Waals surface area contributed by atoms with Gasteiger partial charge in [-0.15, -0.1) is 0 Å². The molecule has 1 aliphatic heterocycles. The van der Waals surface area contributed by atoms with E-state index in [0.717, 1.165) is 10.0 Å². The van der Waals surface area contributed by atoms with Crippen molar-refractivity contribution in [1.29, 1.82) is 0 Å². The summed E-state index contributed by atoms with van der Waals surface area (Å²) in [6.45, 7) is 7.86. The van der Waals surface area contributed by atoms with Crippen molar-refractivity contribution in [2.45, 2.75) is 19.9 Å². The molecule has 0 bridgehead atoms. The van der Waals surface area contributed by atoms with E-state index in [1.54, 1.807) is 11.6 Å². The number of anilines is 1. The molecule has 0 radical (unpaired) electrons. The van der Waals surface area contributed by atoms with E-state index in [2.05, 4.69) is 43.4 Å². The van der Waals surface area contributed by atoms with Gasteiger partial charge in [-0.1, -0.05) is 33.7 Å². The number of nitrogens with zero attached hydrogens (tertiary/aromatic N) is 4. The number of tetrazole rings is 1. The number of allylic oxidation sites excluding steroid dienone is 1. The molecule has 0 fully saturated rings. The van der Waals surface area contributed by atoms with E-state index in [1.165, 1.54) is 6.08 Å². The molecule has 26 heavy (non-hydrogen) atoms. The van der Waals surface area contributed by atoms with Crippen LogP contribution in [0, 0.1) is 0 Å². The van der Waals surface area contributed by atoms with Gasteiger partial charge in [0.25, 0.3) is 0 Å². The maximum atomic E-state index is 12.7. The Bertz CT molecular complexity index is 877. The molecule has 0 amide bonds. The minimum absolute atomic E-state index is 0.113. The highest BCUT2D eigenvalue weighted by molar-refractivity contribution is 9.10. The quantitative estimate of drug-likeness (QED) is 0.568. The van der Waals surface area contributed by atoms with E-state index in [0.29, 0.717) is 29.6 Å². The number of hydrogen-bond acceptors (Lipinski definition) is 7. The van der Waals surface area contributed by atoms with Crippen molar-refractivity contribution < 1.29 is 14.3 Å². The average Bonchev–Trinajstić information content (AvgIpc) is 3.08. The molecule has 8 nitrogen and oxygen atoms in total. The first-order valence-corrected chi connectivity index (χ1v) is 8.82. The van der Waals surface area contributed by atoms with Crippen LogP contribution in [0.25, 0.3) is 0 Å². The van der Waals surface area contributed by atoms with E-state index in [1.807, 2.05) is 25.1 Å². The summed E-state index contributed by atoms with van der Waals surface area (Å²) in [4.78, 5) is 12.7. The average molecular weight is 420 g/mol. The molecular weight excluding hydrogens is 402 g/mol. The van der Waals surface area contributed by atoms with Crippen molar-refractivity contribution in [3.8, 4) is 5.75 Å². The standard InChI is InChI=1S/C17H18BrN5O3/c1-4-8-26-16(24)14-10(3)19-17-20-21-22-23(17)15(14)12-9-11(18)6-7-13(12)25-5-2/h4,6-7,9,15H,1,5,8H2,2-3H3,(H,19,20,22). The number of esters is 1. The largest absolute Gasteiger partial charge is 0.494 e. The molecule has 1 N–H and O–H groups in total. The Morgan fingerprint density at radius 3 is 3.04 bits per heavy atom. The van der Waals surface area contributed by atoms with Gasteiger partial charge in [0.05, 0.1) is 12.2 Å². The zero-order chi connectivity index (χ0) is 18.7. The SMILES string of the molecule is C=CCOC(=O)C1=C(C)Nc2nnnn2C1c1cc(Br)ccc1OCC. The maximum absolute atomic E-state index is 12.7. The smallest absolute Gasteiger partial charge is 0.338 e. The molecule has 0 saturated heterocycles. The summed E-state index contributed by atoms with van der Waals surface area (Å²) in [5.41, 5.74) is 1.78. The fourth-order valence-electron chi connectivity index (χ4n) is 2.80. The highest BCUT2D eigenvalue weighted by Gasteiger charge is 2.36. The van der Waals surface area contributed by atoms with E-state index >= 15 is 0 Å². The molecule has 3 rings (SSSR count). The zero-order valence-electron chi connectivity index (χ0n) is 14.4. The van der Waals surface area contributed by atoms with Crippen LogP contribution in [-0.2, 0) is 9.53 Å². The van der Waals surface area contributed by atoms with Gasteiger partial charge in [-0.25, -0.2) is 4.79 Å². The summed E-state index contributed by atoms with van der Waals surface area (Å²) >= 11 is 3.48. The third-order valence-electron chi connectivity index (χ3n) is 3.83. The number of halogens is 1. The number of benzene rings is 1. The van der Waals surface area contributed by atoms with Crippen LogP contribution in [0.4, 0.5) is 5.95 Å². The van der Waals surface area contributed by atoms with Crippen molar-refractivity contribution in [3.63, 3.8) is 0 Å². The van der Waals surface area contributed by atoms with Crippen molar-refractivity contribution in [2.24, 2.45) is 0 Å². The number of carbonyl (C=O) groups is 1. The Hall–Kier alpha value is -2.68. The van der Waals surface area contributed by atoms with Gasteiger partial charge in [0.1, 0.15) is 18.4 Å². The van der Waals surface area contributed by atoms with Crippen LogP contribution in [0.15, 0.2) is 46.6 Å². The summed E-state index contributed by atoms with van der Waals surface area (Å²) in [5, 5.41) is 14.8. The zero-order valence-corrected chi connectivity index (χ0v) is 16.0. The second-order valence-electron chi connectivity index (χ2n) is 5.52. The third kappa shape index (κ3) is 3.34. The molecule has 1 aromatic carbocycles. The minimum Gasteiger partial charge on any atom is -0.494 e. The third-order valence-corrected chi connectivity index (χ3v) is 4.33. The number of fused-ring (bicyclic) bond motifs is 1. The Morgan fingerprint density at radius 2 is 2.31 bits per heavy atom. The predicted molar refractivity (Wildman–Crippen MR) is 98.7 cm³/mol. The van der Waals surface area contributed by atoms with Gasteiger partial charge < -0.3 is 14.8 Å². The van der Waals surface area contributed by atoms with Gasteiger partial charge in [0, 0.05) is 15.7 Å². The van der Waals surface area contributed by atoms with E-state index < -0.39 is 12.0 Å². The van der Waals surface area contributed by atoms with Gasteiger partial charge >= 0.3 is 5.97 Å². The lowest BCUT2D eigenvalue weighted by atomic mass is 9.95. The fraction of sp³-hybridized carbons (Fsp3) is 0.294. The molecule has 1 atom stereocenters. The van der Waals surface area contributed by atoms with Gasteiger partial charge in [-0.05, 0) is 42.5 Å². The normalized spacial score (nSPS) is 15.9. The summed E-state index contributed by atoms with van der Waals surface area (Å²) in [5.74, 6) is 0.615. The number of ether oxygens (including phenoxy) is 2. The Labute approximate surface area is 159 Å². The number of hydrogen-bond donors (Lipinski definition) is 1. The lowest BCUT2D eigenvalue weighted by Crippen LogP contribution is -2.30. The summed E-state index contributed by atoms with van der Waals surface area (Å²) in [6, 6.07) is 5.03. The van der Waals surface area contributed by atoms with Crippen molar-refractivity contribution in [1.82, 2.24) is 20.2 Å². The molecule has 2 heterocycles. The highest BCUT2D eigenvalue weighted by atomic mass is 79.9.